The van der Waals surface area contributed by atoms with Crippen LogP contribution in [0.15, 0.2) is 36.4 Å². The van der Waals surface area contributed by atoms with Gasteiger partial charge < -0.3 is 30.3 Å². The van der Waals surface area contributed by atoms with Crippen LogP contribution in [0.3, 0.4) is 0 Å². The zero-order valence-electron chi connectivity index (χ0n) is 17.4. The summed E-state index contributed by atoms with van der Waals surface area (Å²) in [7, 11) is 1.65. The number of β-amino-alcohol motifs (C(OH)–C–C–N with tert-alkyl or cyclic N) is 1. The Balaban J connectivity index is 0.00000320. The summed E-state index contributed by atoms with van der Waals surface area (Å²) in [6.07, 6.45) is 0.823. The van der Waals surface area contributed by atoms with Gasteiger partial charge in [-0.05, 0) is 50.5 Å². The third kappa shape index (κ3) is 6.01. The molecule has 3 rings (SSSR count). The van der Waals surface area contributed by atoms with Crippen molar-refractivity contribution < 1.29 is 24.5 Å². The Kier molecular flexibility index (Phi) is 7.95. The van der Waals surface area contributed by atoms with Crippen LogP contribution < -0.4 is 20.1 Å². The normalized spacial score (nSPS) is 14.1. The van der Waals surface area contributed by atoms with Gasteiger partial charge in [0.05, 0.1) is 18.9 Å². The standard InChI is InChI=1S/C22H28N2O5.ClH/c1-22(2,8-7-14-5-4-6-16(9-14)28-3)23-12-19(26)17-10-15(25)11-18-21(17)29-13-20(27)24-18;/h4-6,9-11,19,23,25-26H,7-8,12-13H2,1-3H3,(H,24,27);1H. The number of benzene rings is 2. The fraction of sp³-hybridized carbons (Fsp3) is 0.409. The average molecular weight is 437 g/mol. The number of carbonyl (C=O) groups is 1. The van der Waals surface area contributed by atoms with Gasteiger partial charge in [0.25, 0.3) is 5.91 Å². The lowest BCUT2D eigenvalue weighted by molar-refractivity contribution is -0.118. The molecule has 0 aromatic heterocycles. The molecule has 1 aliphatic rings. The lowest BCUT2D eigenvalue weighted by Crippen LogP contribution is -2.42. The summed E-state index contributed by atoms with van der Waals surface area (Å²) in [6.45, 7) is 4.32. The van der Waals surface area contributed by atoms with E-state index in [1.807, 2.05) is 18.2 Å². The molecule has 4 N–H and O–H groups in total. The Morgan fingerprint density at radius 2 is 2.07 bits per heavy atom. The maximum atomic E-state index is 11.5. The predicted octanol–water partition coefficient (Wildman–Crippen LogP) is 3.19. The second-order valence-electron chi connectivity index (χ2n) is 7.88. The highest BCUT2D eigenvalue weighted by atomic mass is 35.5. The second kappa shape index (κ2) is 10.0. The van der Waals surface area contributed by atoms with E-state index in [9.17, 15) is 15.0 Å². The van der Waals surface area contributed by atoms with E-state index in [1.165, 1.54) is 17.7 Å². The van der Waals surface area contributed by atoms with Crippen LogP contribution in [0.1, 0.15) is 37.5 Å². The first kappa shape index (κ1) is 23.8. The van der Waals surface area contributed by atoms with Gasteiger partial charge in [0.1, 0.15) is 17.2 Å². The van der Waals surface area contributed by atoms with Gasteiger partial charge in [0.15, 0.2) is 6.61 Å². The summed E-state index contributed by atoms with van der Waals surface area (Å²) >= 11 is 0. The molecule has 0 radical (unpaired) electrons. The summed E-state index contributed by atoms with van der Waals surface area (Å²) < 4.78 is 10.7. The summed E-state index contributed by atoms with van der Waals surface area (Å²) in [6, 6.07) is 10.9. The zero-order valence-corrected chi connectivity index (χ0v) is 18.2. The number of aliphatic hydroxyl groups is 1. The molecule has 30 heavy (non-hydrogen) atoms. The Hall–Kier alpha value is -2.48. The third-order valence-corrected chi connectivity index (χ3v) is 5.03. The number of rotatable bonds is 8. The van der Waals surface area contributed by atoms with Crippen LogP contribution >= 0.6 is 12.4 Å². The molecule has 2 aromatic rings. The predicted molar refractivity (Wildman–Crippen MR) is 118 cm³/mol. The molecule has 164 valence electrons. The van der Waals surface area contributed by atoms with Gasteiger partial charge in [-0.25, -0.2) is 0 Å². The van der Waals surface area contributed by atoms with Crippen LogP contribution in [0, 0.1) is 0 Å². The molecule has 0 bridgehead atoms. The SMILES string of the molecule is COc1cccc(CCC(C)(C)NCC(O)c2cc(O)cc3c2OCC(=O)N3)c1.Cl. The van der Waals surface area contributed by atoms with Crippen molar-refractivity contribution in [3.8, 4) is 17.2 Å². The van der Waals surface area contributed by atoms with E-state index in [4.69, 9.17) is 9.47 Å². The monoisotopic (exact) mass is 436 g/mol. The van der Waals surface area contributed by atoms with Crippen LogP contribution in [0.4, 0.5) is 5.69 Å². The van der Waals surface area contributed by atoms with E-state index in [-0.39, 0.29) is 42.8 Å². The third-order valence-electron chi connectivity index (χ3n) is 5.03. The molecule has 0 spiro atoms. The number of aromatic hydroxyl groups is 1. The van der Waals surface area contributed by atoms with E-state index < -0.39 is 6.10 Å². The number of phenols is 1. The molecule has 0 fully saturated rings. The molecular weight excluding hydrogens is 408 g/mol. The number of hydrogen-bond acceptors (Lipinski definition) is 6. The number of carbonyl (C=O) groups excluding carboxylic acids is 1. The van der Waals surface area contributed by atoms with Gasteiger partial charge in [-0.1, -0.05) is 12.1 Å². The number of fused-ring (bicyclic) bond motifs is 1. The molecule has 0 saturated carbocycles. The first-order valence-electron chi connectivity index (χ1n) is 9.63. The van der Waals surface area contributed by atoms with Crippen LogP contribution in [0.25, 0.3) is 0 Å². The molecule has 7 nitrogen and oxygen atoms in total. The average Bonchev–Trinajstić information content (AvgIpc) is 2.70. The molecule has 1 amide bonds. The Morgan fingerprint density at radius 3 is 2.80 bits per heavy atom. The van der Waals surface area contributed by atoms with Crippen molar-refractivity contribution in [2.45, 2.75) is 38.3 Å². The van der Waals surface area contributed by atoms with E-state index in [0.717, 1.165) is 18.6 Å². The number of anilines is 1. The van der Waals surface area contributed by atoms with E-state index >= 15 is 0 Å². The number of amides is 1. The summed E-state index contributed by atoms with van der Waals surface area (Å²) in [5, 5.41) is 26.7. The van der Waals surface area contributed by atoms with Crippen molar-refractivity contribution in [3.05, 3.63) is 47.5 Å². The second-order valence-corrected chi connectivity index (χ2v) is 7.88. The maximum absolute atomic E-state index is 11.5. The number of nitrogens with one attached hydrogen (secondary N) is 2. The van der Waals surface area contributed by atoms with Gasteiger partial charge in [-0.15, -0.1) is 12.4 Å². The van der Waals surface area contributed by atoms with E-state index in [2.05, 4.69) is 30.5 Å². The number of aliphatic hydroxyl groups excluding tert-OH is 1. The van der Waals surface area contributed by atoms with Gasteiger partial charge in [-0.2, -0.15) is 0 Å². The van der Waals surface area contributed by atoms with Crippen molar-refractivity contribution in [2.75, 3.05) is 25.6 Å². The summed E-state index contributed by atoms with van der Waals surface area (Å²) in [4.78, 5) is 11.5. The van der Waals surface area contributed by atoms with Gasteiger partial charge in [0.2, 0.25) is 0 Å². The van der Waals surface area contributed by atoms with Crippen molar-refractivity contribution in [1.82, 2.24) is 5.32 Å². The molecule has 1 aliphatic heterocycles. The number of methoxy groups -OCH3 is 1. The molecule has 1 heterocycles. The Bertz CT molecular complexity index is 888. The molecule has 1 unspecified atom stereocenters. The highest BCUT2D eigenvalue weighted by Crippen LogP contribution is 2.38. The van der Waals surface area contributed by atoms with E-state index in [1.54, 1.807) is 7.11 Å². The number of ether oxygens (including phenoxy) is 2. The van der Waals surface area contributed by atoms with Crippen LogP contribution in [-0.4, -0.2) is 41.9 Å². The first-order valence-corrected chi connectivity index (χ1v) is 9.63. The molecule has 0 saturated heterocycles. The zero-order chi connectivity index (χ0) is 21.0. The Labute approximate surface area is 182 Å². The topological polar surface area (TPSA) is 100 Å². The highest BCUT2D eigenvalue weighted by molar-refractivity contribution is 5.96. The largest absolute Gasteiger partial charge is 0.508 e. The molecule has 2 aromatic carbocycles. The van der Waals surface area contributed by atoms with Crippen LogP contribution in [-0.2, 0) is 11.2 Å². The molecular formula is C22H29ClN2O5. The molecule has 8 heteroatoms. The number of aryl methyl sites for hydroxylation is 1. The van der Waals surface area contributed by atoms with Gasteiger partial charge in [-0.3, -0.25) is 4.79 Å². The number of phenolic OH excluding ortho intramolecular Hbond substituents is 1. The highest BCUT2D eigenvalue weighted by Gasteiger charge is 2.26. The lowest BCUT2D eigenvalue weighted by Gasteiger charge is -2.29. The Morgan fingerprint density at radius 1 is 1.30 bits per heavy atom. The fourth-order valence-electron chi connectivity index (χ4n) is 3.32. The van der Waals surface area contributed by atoms with Crippen molar-refractivity contribution in [3.63, 3.8) is 0 Å². The quantitative estimate of drug-likeness (QED) is 0.507. The number of hydrogen-bond donors (Lipinski definition) is 4. The van der Waals surface area contributed by atoms with Gasteiger partial charge in [0, 0.05) is 23.7 Å². The van der Waals surface area contributed by atoms with E-state index in [0.29, 0.717) is 17.0 Å². The maximum Gasteiger partial charge on any atom is 0.262 e. The van der Waals surface area contributed by atoms with Crippen molar-refractivity contribution in [2.24, 2.45) is 0 Å². The number of halogens is 1. The smallest absolute Gasteiger partial charge is 0.262 e. The minimum Gasteiger partial charge on any atom is -0.508 e. The lowest BCUT2D eigenvalue weighted by atomic mass is 9.94. The van der Waals surface area contributed by atoms with Crippen LogP contribution in [0.2, 0.25) is 0 Å². The molecule has 1 atom stereocenters. The van der Waals surface area contributed by atoms with Crippen molar-refractivity contribution >= 4 is 24.0 Å². The molecule has 0 aliphatic carbocycles. The first-order chi connectivity index (χ1) is 13.8. The minimum atomic E-state index is -0.901. The van der Waals surface area contributed by atoms with Crippen molar-refractivity contribution in [1.29, 1.82) is 0 Å². The summed E-state index contributed by atoms with van der Waals surface area (Å²) in [5.41, 5.74) is 1.77. The fourth-order valence-corrected chi connectivity index (χ4v) is 3.32. The minimum absolute atomic E-state index is 0. The van der Waals surface area contributed by atoms with Gasteiger partial charge >= 0.3 is 0 Å². The summed E-state index contributed by atoms with van der Waals surface area (Å²) in [5.74, 6) is 0.900. The van der Waals surface area contributed by atoms with Crippen LogP contribution in [0.5, 0.6) is 17.2 Å².